The van der Waals surface area contributed by atoms with Crippen molar-refractivity contribution in [3.05, 3.63) is 24.3 Å². The second-order valence-electron chi connectivity index (χ2n) is 6.15. The average molecular weight is 258 g/mol. The van der Waals surface area contributed by atoms with Crippen molar-refractivity contribution in [2.24, 2.45) is 5.41 Å². The molecule has 0 radical (unpaired) electrons. The number of nitrogens with one attached hydrogen (secondary N) is 1. The number of benzene rings is 1. The molecule has 4 heteroatoms. The molecule has 0 unspecified atom stereocenters. The lowest BCUT2D eigenvalue weighted by molar-refractivity contribution is -0.644. The van der Waals surface area contributed by atoms with E-state index in [2.05, 4.69) is 26.6 Å². The average Bonchev–Trinajstić information content (AvgIpc) is 2.91. The molecule has 0 amide bonds. The second kappa shape index (κ2) is 4.08. The number of ketones is 1. The van der Waals surface area contributed by atoms with E-state index in [-0.39, 0.29) is 11.2 Å². The highest BCUT2D eigenvalue weighted by Crippen LogP contribution is 2.23. The zero-order valence-electron chi connectivity index (χ0n) is 11.7. The Morgan fingerprint density at radius 3 is 2.84 bits per heavy atom. The Balaban J connectivity index is 2.11. The lowest BCUT2D eigenvalue weighted by atomic mass is 9.91. The molecule has 1 N–H and O–H groups in total. The van der Waals surface area contributed by atoms with E-state index >= 15 is 0 Å². The van der Waals surface area contributed by atoms with Crippen molar-refractivity contribution in [3.63, 3.8) is 0 Å². The number of aromatic nitrogens is 2. The van der Waals surface area contributed by atoms with Crippen molar-refractivity contribution in [1.82, 2.24) is 4.57 Å². The third-order valence-corrected chi connectivity index (χ3v) is 3.73. The fourth-order valence-electron chi connectivity index (χ4n) is 2.53. The van der Waals surface area contributed by atoms with Crippen LogP contribution >= 0.6 is 0 Å². The van der Waals surface area contributed by atoms with Crippen molar-refractivity contribution >= 4 is 22.8 Å². The quantitative estimate of drug-likeness (QED) is 0.836. The molecule has 1 aliphatic rings. The minimum atomic E-state index is -0.304. The van der Waals surface area contributed by atoms with Gasteiger partial charge in [0.1, 0.15) is 24.1 Å². The van der Waals surface area contributed by atoms with Crippen LogP contribution in [-0.2, 0) is 17.9 Å². The molecular formula is C15H20N3O+. The minimum absolute atomic E-state index is 0.255. The summed E-state index contributed by atoms with van der Waals surface area (Å²) >= 11 is 0. The van der Waals surface area contributed by atoms with Crippen LogP contribution in [0.4, 0.5) is 5.95 Å². The third-order valence-electron chi connectivity index (χ3n) is 3.73. The van der Waals surface area contributed by atoms with E-state index in [1.165, 1.54) is 5.52 Å². The second-order valence-corrected chi connectivity index (χ2v) is 6.15. The lowest BCUT2D eigenvalue weighted by Gasteiger charge is -2.15. The number of carbonyl (C=O) groups excluding carboxylic acids is 1. The van der Waals surface area contributed by atoms with Crippen LogP contribution in [0.25, 0.3) is 11.0 Å². The van der Waals surface area contributed by atoms with Crippen LogP contribution < -0.4 is 9.88 Å². The maximum Gasteiger partial charge on any atom is 0.359 e. The first-order valence-electron chi connectivity index (χ1n) is 6.77. The van der Waals surface area contributed by atoms with Gasteiger partial charge in [0.15, 0.2) is 5.78 Å². The number of para-hydroxylation sites is 2. The van der Waals surface area contributed by atoms with Gasteiger partial charge in [-0.05, 0) is 12.1 Å². The van der Waals surface area contributed by atoms with Crippen LogP contribution in [0.2, 0.25) is 0 Å². The topological polar surface area (TPSA) is 37.9 Å². The van der Waals surface area contributed by atoms with Gasteiger partial charge in [0.25, 0.3) is 0 Å². The zero-order chi connectivity index (χ0) is 13.6. The first kappa shape index (κ1) is 12.2. The first-order valence-corrected chi connectivity index (χ1v) is 6.77. The van der Waals surface area contributed by atoms with Gasteiger partial charge in [-0.2, -0.15) is 0 Å². The van der Waals surface area contributed by atoms with Gasteiger partial charge < -0.3 is 0 Å². The highest BCUT2D eigenvalue weighted by Gasteiger charge is 2.31. The molecule has 4 nitrogen and oxygen atoms in total. The molecule has 19 heavy (non-hydrogen) atoms. The van der Waals surface area contributed by atoms with Gasteiger partial charge in [0, 0.05) is 5.41 Å². The molecule has 0 aliphatic carbocycles. The van der Waals surface area contributed by atoms with Gasteiger partial charge in [0.2, 0.25) is 0 Å². The molecule has 0 atom stereocenters. The zero-order valence-corrected chi connectivity index (χ0v) is 11.7. The summed E-state index contributed by atoms with van der Waals surface area (Å²) < 4.78 is 4.36. The van der Waals surface area contributed by atoms with Crippen LogP contribution in [0.1, 0.15) is 20.8 Å². The van der Waals surface area contributed by atoms with Crippen LogP contribution in [0, 0.1) is 5.41 Å². The van der Waals surface area contributed by atoms with E-state index in [1.807, 2.05) is 32.9 Å². The number of nitrogens with zero attached hydrogens (tertiary/aromatic N) is 2. The van der Waals surface area contributed by atoms with Gasteiger partial charge in [0.05, 0.1) is 6.54 Å². The molecule has 1 aliphatic heterocycles. The van der Waals surface area contributed by atoms with E-state index in [0.29, 0.717) is 6.54 Å². The number of imidazole rings is 1. The highest BCUT2D eigenvalue weighted by atomic mass is 16.1. The number of carbonyl (C=O) groups is 1. The van der Waals surface area contributed by atoms with Gasteiger partial charge in [-0.25, -0.2) is 9.13 Å². The lowest BCUT2D eigenvalue weighted by Crippen LogP contribution is -2.30. The predicted molar refractivity (Wildman–Crippen MR) is 75.1 cm³/mol. The molecule has 100 valence electrons. The van der Waals surface area contributed by atoms with Gasteiger partial charge in [-0.3, -0.25) is 10.1 Å². The maximum atomic E-state index is 12.3. The molecular weight excluding hydrogens is 238 g/mol. The summed E-state index contributed by atoms with van der Waals surface area (Å²) in [5, 5.41) is 3.39. The summed E-state index contributed by atoms with van der Waals surface area (Å²) in [5.74, 6) is 1.31. The van der Waals surface area contributed by atoms with Crippen molar-refractivity contribution in [2.45, 2.75) is 33.9 Å². The number of Topliss-reactive ketones (excluding diaryl/α,β-unsaturated/α-hetero) is 1. The van der Waals surface area contributed by atoms with Crippen molar-refractivity contribution in [1.29, 1.82) is 0 Å². The summed E-state index contributed by atoms with van der Waals surface area (Å²) in [4.78, 5) is 12.3. The van der Waals surface area contributed by atoms with Gasteiger partial charge in [-0.1, -0.05) is 32.9 Å². The summed E-state index contributed by atoms with van der Waals surface area (Å²) in [6.45, 7) is 8.25. The van der Waals surface area contributed by atoms with Crippen LogP contribution in [0.3, 0.4) is 0 Å². The maximum absolute atomic E-state index is 12.3. The number of fused-ring (bicyclic) bond motifs is 3. The third kappa shape index (κ3) is 1.91. The van der Waals surface area contributed by atoms with Crippen molar-refractivity contribution in [2.75, 3.05) is 11.9 Å². The molecule has 0 saturated heterocycles. The fraction of sp³-hybridized carbons (Fsp3) is 0.467. The van der Waals surface area contributed by atoms with Gasteiger partial charge in [-0.15, -0.1) is 0 Å². The Kier molecular flexibility index (Phi) is 2.62. The summed E-state index contributed by atoms with van der Waals surface area (Å²) in [6.07, 6.45) is 0. The molecule has 0 spiro atoms. The van der Waals surface area contributed by atoms with E-state index in [0.717, 1.165) is 24.6 Å². The molecule has 1 aromatic carbocycles. The number of hydrogen-bond donors (Lipinski definition) is 1. The Labute approximate surface area is 113 Å². The highest BCUT2D eigenvalue weighted by molar-refractivity contribution is 5.86. The monoisotopic (exact) mass is 258 g/mol. The van der Waals surface area contributed by atoms with E-state index in [4.69, 9.17) is 0 Å². The van der Waals surface area contributed by atoms with E-state index in [1.54, 1.807) is 0 Å². The molecule has 0 saturated carbocycles. The summed E-state index contributed by atoms with van der Waals surface area (Å²) in [6, 6.07) is 8.27. The fourth-order valence-corrected chi connectivity index (χ4v) is 2.53. The molecule has 0 bridgehead atoms. The Bertz CT molecular complexity index is 649. The molecule has 1 aromatic heterocycles. The normalized spacial score (nSPS) is 14.5. The summed E-state index contributed by atoms with van der Waals surface area (Å²) in [5.41, 5.74) is 2.02. The summed E-state index contributed by atoms with van der Waals surface area (Å²) in [7, 11) is 0. The minimum Gasteiger partial charge on any atom is -0.295 e. The molecule has 2 aromatic rings. The van der Waals surface area contributed by atoms with Crippen LogP contribution in [-0.4, -0.2) is 16.9 Å². The van der Waals surface area contributed by atoms with Gasteiger partial charge >= 0.3 is 5.95 Å². The molecule has 3 rings (SSSR count). The Hall–Kier alpha value is -1.84. The molecule has 2 heterocycles. The first-order chi connectivity index (χ1) is 8.98. The SMILES string of the molecule is CC(C)(C)C(=O)Cn1c2[n+](c3ccccc31)CCN2. The van der Waals surface area contributed by atoms with E-state index in [9.17, 15) is 4.79 Å². The Morgan fingerprint density at radius 2 is 2.11 bits per heavy atom. The van der Waals surface area contributed by atoms with Crippen molar-refractivity contribution < 1.29 is 9.36 Å². The van der Waals surface area contributed by atoms with Crippen molar-refractivity contribution in [3.8, 4) is 0 Å². The largest absolute Gasteiger partial charge is 0.359 e. The van der Waals surface area contributed by atoms with Crippen LogP contribution in [0.15, 0.2) is 24.3 Å². The smallest absolute Gasteiger partial charge is 0.295 e. The van der Waals surface area contributed by atoms with Crippen LogP contribution in [0.5, 0.6) is 0 Å². The van der Waals surface area contributed by atoms with E-state index < -0.39 is 0 Å². The standard InChI is InChI=1S/C15H19N3O/c1-15(2,3)13(19)10-18-12-7-5-4-6-11(12)17-9-8-16-14(17)18/h4-7H,8-10H2,1-3H3/p+1. The predicted octanol–water partition coefficient (Wildman–Crippen LogP) is 1.97. The number of rotatable bonds is 2. The number of hydrogen-bond acceptors (Lipinski definition) is 2. The molecule has 0 fully saturated rings. The number of anilines is 1. The Morgan fingerprint density at radius 1 is 1.37 bits per heavy atom.